The molecule has 0 saturated heterocycles. The van der Waals surface area contributed by atoms with Gasteiger partial charge in [-0.1, -0.05) is 0 Å². The molecule has 94 valence electrons. The van der Waals surface area contributed by atoms with Crippen LogP contribution in [0.5, 0.6) is 0 Å². The number of amides is 1. The van der Waals surface area contributed by atoms with Crippen LogP contribution in [0.1, 0.15) is 23.8 Å². The third kappa shape index (κ3) is 4.22. The standard InChI is InChI=1S/C11H15BrN2O3/c1-3-17-10(15)4-5-13-11(16)9-6-8(12)7-14(9)2/h6-7H,3-5H2,1-2H3,(H,13,16). The minimum Gasteiger partial charge on any atom is -0.466 e. The van der Waals surface area contributed by atoms with Gasteiger partial charge in [0.1, 0.15) is 5.69 Å². The van der Waals surface area contributed by atoms with E-state index < -0.39 is 0 Å². The summed E-state index contributed by atoms with van der Waals surface area (Å²) in [5.74, 6) is -0.511. The topological polar surface area (TPSA) is 60.3 Å². The van der Waals surface area contributed by atoms with Crippen molar-refractivity contribution in [3.05, 3.63) is 22.4 Å². The lowest BCUT2D eigenvalue weighted by Crippen LogP contribution is -2.28. The number of carbonyl (C=O) groups excluding carboxylic acids is 2. The average Bonchev–Trinajstić information content (AvgIpc) is 2.58. The smallest absolute Gasteiger partial charge is 0.307 e. The molecule has 1 rings (SSSR count). The van der Waals surface area contributed by atoms with Crippen molar-refractivity contribution >= 4 is 27.8 Å². The van der Waals surface area contributed by atoms with Crippen LogP contribution in [-0.2, 0) is 16.6 Å². The molecule has 1 N–H and O–H groups in total. The van der Waals surface area contributed by atoms with E-state index in [1.165, 1.54) is 0 Å². The molecule has 0 aliphatic carbocycles. The molecule has 0 atom stereocenters. The Morgan fingerprint density at radius 2 is 2.24 bits per heavy atom. The zero-order valence-corrected chi connectivity index (χ0v) is 11.4. The Morgan fingerprint density at radius 1 is 1.53 bits per heavy atom. The van der Waals surface area contributed by atoms with Crippen molar-refractivity contribution < 1.29 is 14.3 Å². The maximum Gasteiger partial charge on any atom is 0.307 e. The Kier molecular flexibility index (Phi) is 5.21. The molecule has 0 radical (unpaired) electrons. The van der Waals surface area contributed by atoms with Crippen LogP contribution < -0.4 is 5.32 Å². The van der Waals surface area contributed by atoms with Gasteiger partial charge in [0, 0.05) is 24.3 Å². The summed E-state index contributed by atoms with van der Waals surface area (Å²) in [5.41, 5.74) is 0.542. The summed E-state index contributed by atoms with van der Waals surface area (Å²) in [4.78, 5) is 22.8. The third-order valence-corrected chi connectivity index (χ3v) is 2.56. The molecule has 0 fully saturated rings. The molecule has 0 spiro atoms. The zero-order chi connectivity index (χ0) is 12.8. The number of aryl methyl sites for hydroxylation is 1. The highest BCUT2D eigenvalue weighted by Crippen LogP contribution is 2.13. The van der Waals surface area contributed by atoms with E-state index in [-0.39, 0.29) is 24.8 Å². The van der Waals surface area contributed by atoms with Crippen molar-refractivity contribution in [2.45, 2.75) is 13.3 Å². The molecule has 1 aromatic heterocycles. The molecule has 6 heteroatoms. The summed E-state index contributed by atoms with van der Waals surface area (Å²) in [5, 5.41) is 2.66. The van der Waals surface area contributed by atoms with Gasteiger partial charge in [0.2, 0.25) is 0 Å². The first kappa shape index (κ1) is 13.8. The molecule has 0 bridgehead atoms. The molecule has 0 unspecified atom stereocenters. The molecular formula is C11H15BrN2O3. The van der Waals surface area contributed by atoms with Crippen LogP contribution in [-0.4, -0.2) is 29.6 Å². The highest BCUT2D eigenvalue weighted by molar-refractivity contribution is 9.10. The lowest BCUT2D eigenvalue weighted by atomic mass is 10.3. The van der Waals surface area contributed by atoms with E-state index in [4.69, 9.17) is 4.74 Å². The monoisotopic (exact) mass is 302 g/mol. The Balaban J connectivity index is 2.40. The molecule has 0 aliphatic heterocycles. The number of rotatable bonds is 5. The first-order valence-electron chi connectivity index (χ1n) is 5.30. The summed E-state index contributed by atoms with van der Waals surface area (Å²) in [6.45, 7) is 2.38. The van der Waals surface area contributed by atoms with Gasteiger partial charge in [-0.25, -0.2) is 0 Å². The van der Waals surface area contributed by atoms with Crippen molar-refractivity contribution in [2.24, 2.45) is 7.05 Å². The summed E-state index contributed by atoms with van der Waals surface area (Å²) < 4.78 is 7.31. The van der Waals surface area contributed by atoms with E-state index >= 15 is 0 Å². The summed E-state index contributed by atoms with van der Waals surface area (Å²) in [6.07, 6.45) is 1.98. The van der Waals surface area contributed by atoms with Gasteiger partial charge < -0.3 is 14.6 Å². The number of nitrogens with one attached hydrogen (secondary N) is 1. The van der Waals surface area contributed by atoms with Gasteiger partial charge in [-0.15, -0.1) is 0 Å². The number of halogens is 1. The maximum atomic E-state index is 11.7. The molecule has 0 saturated carbocycles. The Morgan fingerprint density at radius 3 is 2.76 bits per heavy atom. The largest absolute Gasteiger partial charge is 0.466 e. The number of carbonyl (C=O) groups is 2. The van der Waals surface area contributed by atoms with Crippen LogP contribution in [0.25, 0.3) is 0 Å². The molecule has 1 aromatic rings. The molecule has 17 heavy (non-hydrogen) atoms. The second-order valence-electron chi connectivity index (χ2n) is 3.47. The molecular weight excluding hydrogens is 288 g/mol. The van der Waals surface area contributed by atoms with Gasteiger partial charge in [0.25, 0.3) is 5.91 Å². The SMILES string of the molecule is CCOC(=O)CCNC(=O)c1cc(Br)cn1C. The van der Waals surface area contributed by atoms with E-state index in [1.807, 2.05) is 0 Å². The summed E-state index contributed by atoms with van der Waals surface area (Å²) in [7, 11) is 1.78. The van der Waals surface area contributed by atoms with Crippen LogP contribution in [0, 0.1) is 0 Å². The minimum atomic E-state index is -0.305. The maximum absolute atomic E-state index is 11.7. The summed E-state index contributed by atoms with van der Waals surface area (Å²) >= 11 is 3.29. The van der Waals surface area contributed by atoms with Crippen molar-refractivity contribution in [2.75, 3.05) is 13.2 Å². The van der Waals surface area contributed by atoms with E-state index in [2.05, 4.69) is 21.2 Å². The lowest BCUT2D eigenvalue weighted by Gasteiger charge is -2.05. The van der Waals surface area contributed by atoms with E-state index in [0.717, 1.165) is 4.47 Å². The molecule has 5 nitrogen and oxygen atoms in total. The number of ether oxygens (including phenoxy) is 1. The van der Waals surface area contributed by atoms with Crippen LogP contribution in [0.2, 0.25) is 0 Å². The Bertz CT molecular complexity index is 415. The van der Waals surface area contributed by atoms with Crippen LogP contribution in [0.15, 0.2) is 16.7 Å². The predicted octanol–water partition coefficient (Wildman–Crippen LogP) is 1.47. The first-order valence-corrected chi connectivity index (χ1v) is 6.09. The minimum absolute atomic E-state index is 0.186. The average molecular weight is 303 g/mol. The van der Waals surface area contributed by atoms with Crippen LogP contribution in [0.3, 0.4) is 0 Å². The van der Waals surface area contributed by atoms with E-state index in [1.54, 1.807) is 30.8 Å². The molecule has 1 amide bonds. The number of aromatic nitrogens is 1. The van der Waals surface area contributed by atoms with Crippen molar-refractivity contribution in [1.82, 2.24) is 9.88 Å². The van der Waals surface area contributed by atoms with Crippen molar-refractivity contribution in [3.63, 3.8) is 0 Å². The van der Waals surface area contributed by atoms with E-state index in [0.29, 0.717) is 12.3 Å². The highest BCUT2D eigenvalue weighted by atomic mass is 79.9. The van der Waals surface area contributed by atoms with Gasteiger partial charge in [0.15, 0.2) is 0 Å². The summed E-state index contributed by atoms with van der Waals surface area (Å²) in [6, 6.07) is 1.72. The normalized spacial score (nSPS) is 10.1. The second kappa shape index (κ2) is 6.44. The predicted molar refractivity (Wildman–Crippen MR) is 66.7 cm³/mol. The fourth-order valence-corrected chi connectivity index (χ4v) is 1.88. The number of hydrogen-bond donors (Lipinski definition) is 1. The third-order valence-electron chi connectivity index (χ3n) is 2.12. The number of esters is 1. The lowest BCUT2D eigenvalue weighted by molar-refractivity contribution is -0.142. The van der Waals surface area contributed by atoms with Gasteiger partial charge in [0.05, 0.1) is 13.0 Å². The van der Waals surface area contributed by atoms with Crippen molar-refractivity contribution in [1.29, 1.82) is 0 Å². The highest BCUT2D eigenvalue weighted by Gasteiger charge is 2.11. The van der Waals surface area contributed by atoms with Crippen LogP contribution >= 0.6 is 15.9 Å². The number of nitrogens with zero attached hydrogens (tertiary/aromatic N) is 1. The van der Waals surface area contributed by atoms with E-state index in [9.17, 15) is 9.59 Å². The second-order valence-corrected chi connectivity index (χ2v) is 4.38. The first-order chi connectivity index (χ1) is 8.04. The molecule has 0 aliphatic rings. The van der Waals surface area contributed by atoms with Crippen LogP contribution in [0.4, 0.5) is 0 Å². The molecule has 0 aromatic carbocycles. The van der Waals surface area contributed by atoms with Gasteiger partial charge in [-0.05, 0) is 28.9 Å². The Hall–Kier alpha value is -1.30. The quantitative estimate of drug-likeness (QED) is 0.838. The fourth-order valence-electron chi connectivity index (χ4n) is 1.35. The van der Waals surface area contributed by atoms with Crippen molar-refractivity contribution in [3.8, 4) is 0 Å². The van der Waals surface area contributed by atoms with Gasteiger partial charge >= 0.3 is 5.97 Å². The van der Waals surface area contributed by atoms with Gasteiger partial charge in [-0.2, -0.15) is 0 Å². The van der Waals surface area contributed by atoms with Gasteiger partial charge in [-0.3, -0.25) is 9.59 Å². The molecule has 1 heterocycles. The number of hydrogen-bond acceptors (Lipinski definition) is 3. The Labute approximate surface area is 108 Å². The fraction of sp³-hybridized carbons (Fsp3) is 0.455. The zero-order valence-electron chi connectivity index (χ0n) is 9.83.